The molecule has 22 heavy (non-hydrogen) atoms. The van der Waals surface area contributed by atoms with Crippen molar-refractivity contribution in [1.82, 2.24) is 15.5 Å². The Hall–Kier alpha value is -2.05. The van der Waals surface area contributed by atoms with E-state index in [0.29, 0.717) is 11.5 Å². The molecule has 0 unspecified atom stereocenters. The van der Waals surface area contributed by atoms with Crippen LogP contribution >= 0.6 is 23.2 Å². The first-order valence-electron chi connectivity index (χ1n) is 6.23. The number of benzene rings is 1. The number of carbonyl (C=O) groups excluding carboxylic acids is 1. The summed E-state index contributed by atoms with van der Waals surface area (Å²) >= 11 is 11.6. The first-order chi connectivity index (χ1) is 10.5. The smallest absolute Gasteiger partial charge is 0.273 e. The lowest BCUT2D eigenvalue weighted by molar-refractivity contribution is 0.0945. The van der Waals surface area contributed by atoms with E-state index in [2.05, 4.69) is 15.5 Å². The average Bonchev–Trinajstić information content (AvgIpc) is 2.52. The molecule has 0 aliphatic heterocycles. The Kier molecular flexibility index (Phi) is 5.41. The van der Waals surface area contributed by atoms with Gasteiger partial charge in [-0.05, 0) is 18.2 Å². The van der Waals surface area contributed by atoms with Crippen LogP contribution in [0, 0.1) is 0 Å². The van der Waals surface area contributed by atoms with Crippen molar-refractivity contribution in [3.8, 4) is 11.5 Å². The summed E-state index contributed by atoms with van der Waals surface area (Å²) in [6.07, 6.45) is 0. The Morgan fingerprint density at radius 3 is 2.59 bits per heavy atom. The maximum absolute atomic E-state index is 12.1. The van der Waals surface area contributed by atoms with Crippen molar-refractivity contribution in [3.05, 3.63) is 45.7 Å². The number of hydrogen-bond donors (Lipinski definition) is 1. The fourth-order valence-corrected chi connectivity index (χ4v) is 2.19. The fraction of sp³-hybridized carbons (Fsp3) is 0.214. The number of nitrogens with one attached hydrogen (secondary N) is 1. The first-order valence-corrected chi connectivity index (χ1v) is 6.98. The van der Waals surface area contributed by atoms with Crippen LogP contribution in [0.5, 0.6) is 11.5 Å². The van der Waals surface area contributed by atoms with Gasteiger partial charge >= 0.3 is 0 Å². The lowest BCUT2D eigenvalue weighted by Crippen LogP contribution is -2.24. The number of hydrogen-bond acceptors (Lipinski definition) is 5. The maximum atomic E-state index is 12.1. The van der Waals surface area contributed by atoms with E-state index in [1.807, 2.05) is 0 Å². The van der Waals surface area contributed by atoms with Crippen LogP contribution in [0.3, 0.4) is 0 Å². The van der Waals surface area contributed by atoms with Gasteiger partial charge in [0.25, 0.3) is 5.91 Å². The molecule has 1 amide bonds. The third-order valence-corrected chi connectivity index (χ3v) is 3.34. The first kappa shape index (κ1) is 16.3. The van der Waals surface area contributed by atoms with Crippen molar-refractivity contribution in [1.29, 1.82) is 0 Å². The summed E-state index contributed by atoms with van der Waals surface area (Å²) < 4.78 is 10.4. The van der Waals surface area contributed by atoms with Crippen LogP contribution in [-0.4, -0.2) is 30.3 Å². The molecule has 2 aromatic rings. The molecule has 0 saturated heterocycles. The van der Waals surface area contributed by atoms with Gasteiger partial charge in [-0.15, -0.1) is 10.2 Å². The molecule has 1 aromatic carbocycles. The molecule has 6 nitrogen and oxygen atoms in total. The molecule has 0 fully saturated rings. The molecule has 0 spiro atoms. The Balaban J connectivity index is 2.11. The van der Waals surface area contributed by atoms with Gasteiger partial charge in [-0.1, -0.05) is 23.2 Å². The normalized spacial score (nSPS) is 10.2. The quantitative estimate of drug-likeness (QED) is 0.904. The second-order valence-electron chi connectivity index (χ2n) is 4.22. The number of methoxy groups -OCH3 is 2. The summed E-state index contributed by atoms with van der Waals surface area (Å²) in [6, 6.07) is 6.67. The minimum atomic E-state index is -0.452. The lowest BCUT2D eigenvalue weighted by Gasteiger charge is -2.11. The van der Waals surface area contributed by atoms with E-state index in [0.717, 1.165) is 5.56 Å². The molecule has 2 rings (SSSR count). The van der Waals surface area contributed by atoms with E-state index in [9.17, 15) is 4.79 Å². The highest BCUT2D eigenvalue weighted by Gasteiger charge is 2.14. The van der Waals surface area contributed by atoms with Gasteiger partial charge in [-0.3, -0.25) is 4.79 Å². The molecule has 0 aliphatic rings. The maximum Gasteiger partial charge on any atom is 0.273 e. The Bertz CT molecular complexity index is 695. The van der Waals surface area contributed by atoms with Crippen LogP contribution in [0.15, 0.2) is 24.3 Å². The highest BCUT2D eigenvalue weighted by molar-refractivity contribution is 6.35. The zero-order valence-electron chi connectivity index (χ0n) is 11.9. The fourth-order valence-electron chi connectivity index (χ4n) is 1.76. The minimum Gasteiger partial charge on any atom is -0.497 e. The molecular weight excluding hydrogens is 329 g/mol. The minimum absolute atomic E-state index is 0.0125. The molecule has 1 aromatic heterocycles. The molecule has 8 heteroatoms. The van der Waals surface area contributed by atoms with Crippen molar-refractivity contribution in [2.24, 2.45) is 0 Å². The van der Waals surface area contributed by atoms with E-state index in [1.165, 1.54) is 6.07 Å². The number of aromatic nitrogens is 2. The topological polar surface area (TPSA) is 73.3 Å². The molecule has 116 valence electrons. The van der Waals surface area contributed by atoms with Crippen molar-refractivity contribution < 1.29 is 14.3 Å². The molecule has 1 N–H and O–H groups in total. The molecule has 1 heterocycles. The van der Waals surface area contributed by atoms with Gasteiger partial charge < -0.3 is 14.8 Å². The van der Waals surface area contributed by atoms with Crippen LogP contribution in [-0.2, 0) is 6.54 Å². The third kappa shape index (κ3) is 3.78. The van der Waals surface area contributed by atoms with Crippen LogP contribution in [0.1, 0.15) is 16.1 Å². The predicted molar refractivity (Wildman–Crippen MR) is 82.8 cm³/mol. The summed E-state index contributed by atoms with van der Waals surface area (Å²) in [5.74, 6) is 0.818. The summed E-state index contributed by atoms with van der Waals surface area (Å²) in [4.78, 5) is 12.1. The van der Waals surface area contributed by atoms with E-state index >= 15 is 0 Å². The van der Waals surface area contributed by atoms with E-state index < -0.39 is 5.91 Å². The number of halogens is 2. The standard InChI is InChI=1S/C14H13Cl2N3O3/c1-21-9-4-3-8(11(5-9)22-2)7-17-14(20)13-10(15)6-12(16)18-19-13/h3-6H,7H2,1-2H3,(H,17,20). The van der Waals surface area contributed by atoms with Crippen molar-refractivity contribution in [2.45, 2.75) is 6.54 Å². The zero-order valence-corrected chi connectivity index (χ0v) is 13.4. The van der Waals surface area contributed by atoms with E-state index in [-0.39, 0.29) is 22.4 Å². The largest absolute Gasteiger partial charge is 0.497 e. The van der Waals surface area contributed by atoms with E-state index in [4.69, 9.17) is 32.7 Å². The second kappa shape index (κ2) is 7.29. The summed E-state index contributed by atoms with van der Waals surface area (Å²) in [6.45, 7) is 0.243. The van der Waals surface area contributed by atoms with Gasteiger partial charge in [0.15, 0.2) is 10.8 Å². The number of amides is 1. The molecular formula is C14H13Cl2N3O3. The second-order valence-corrected chi connectivity index (χ2v) is 5.02. The monoisotopic (exact) mass is 341 g/mol. The molecule has 0 saturated carbocycles. The Labute approximate surface area is 137 Å². The van der Waals surface area contributed by atoms with Crippen LogP contribution in [0.25, 0.3) is 0 Å². The third-order valence-electron chi connectivity index (χ3n) is 2.87. The van der Waals surface area contributed by atoms with Crippen molar-refractivity contribution >= 4 is 29.1 Å². The Morgan fingerprint density at radius 2 is 1.95 bits per heavy atom. The molecule has 0 aliphatic carbocycles. The number of carbonyl (C=O) groups is 1. The van der Waals surface area contributed by atoms with Gasteiger partial charge in [-0.25, -0.2) is 0 Å². The number of rotatable bonds is 5. The van der Waals surface area contributed by atoms with Gasteiger partial charge in [0.2, 0.25) is 0 Å². The SMILES string of the molecule is COc1ccc(CNC(=O)c2nnc(Cl)cc2Cl)c(OC)c1. The molecule has 0 bridgehead atoms. The molecule has 0 atom stereocenters. The summed E-state index contributed by atoms with van der Waals surface area (Å²) in [5, 5.41) is 10.2. The van der Waals surface area contributed by atoms with E-state index in [1.54, 1.807) is 32.4 Å². The highest BCUT2D eigenvalue weighted by atomic mass is 35.5. The van der Waals surface area contributed by atoms with Crippen molar-refractivity contribution in [2.75, 3.05) is 14.2 Å². The van der Waals surface area contributed by atoms with Crippen LogP contribution < -0.4 is 14.8 Å². The summed E-state index contributed by atoms with van der Waals surface area (Å²) in [7, 11) is 3.11. The summed E-state index contributed by atoms with van der Waals surface area (Å²) in [5.41, 5.74) is 0.799. The van der Waals surface area contributed by atoms with Crippen LogP contribution in [0.4, 0.5) is 0 Å². The van der Waals surface area contributed by atoms with Crippen molar-refractivity contribution in [3.63, 3.8) is 0 Å². The molecule has 0 radical (unpaired) electrons. The van der Waals surface area contributed by atoms with Gasteiger partial charge in [0.1, 0.15) is 11.5 Å². The van der Waals surface area contributed by atoms with Gasteiger partial charge in [0.05, 0.1) is 19.2 Å². The van der Waals surface area contributed by atoms with Crippen LogP contribution in [0.2, 0.25) is 10.2 Å². The highest BCUT2D eigenvalue weighted by Crippen LogP contribution is 2.24. The zero-order chi connectivity index (χ0) is 16.1. The Morgan fingerprint density at radius 1 is 1.18 bits per heavy atom. The number of ether oxygens (including phenoxy) is 2. The predicted octanol–water partition coefficient (Wildman–Crippen LogP) is 2.73. The average molecular weight is 342 g/mol. The number of nitrogens with zero attached hydrogens (tertiary/aromatic N) is 2. The van der Waals surface area contributed by atoms with Gasteiger partial charge in [0, 0.05) is 18.2 Å². The lowest BCUT2D eigenvalue weighted by atomic mass is 10.2. The van der Waals surface area contributed by atoms with Gasteiger partial charge in [-0.2, -0.15) is 0 Å².